The maximum atomic E-state index is 12.4. The van der Waals surface area contributed by atoms with E-state index >= 15 is 0 Å². The second-order valence-corrected chi connectivity index (χ2v) is 8.08. The molecule has 118 valence electrons. The van der Waals surface area contributed by atoms with E-state index in [1.165, 1.54) is 0 Å². The fourth-order valence-corrected chi connectivity index (χ4v) is 5.38. The van der Waals surface area contributed by atoms with Gasteiger partial charge in [0.1, 0.15) is 0 Å². The van der Waals surface area contributed by atoms with Crippen molar-refractivity contribution < 1.29 is 9.53 Å². The van der Waals surface area contributed by atoms with Gasteiger partial charge in [-0.15, -0.1) is 0 Å². The van der Waals surface area contributed by atoms with Crippen molar-refractivity contribution in [1.82, 2.24) is 0 Å². The highest BCUT2D eigenvalue weighted by molar-refractivity contribution is 8.17. The molecule has 1 aliphatic heterocycles. The van der Waals surface area contributed by atoms with Gasteiger partial charge in [-0.3, -0.25) is 0 Å². The van der Waals surface area contributed by atoms with E-state index in [1.54, 1.807) is 23.5 Å². The minimum Gasteiger partial charge on any atom is -0.429 e. The minimum atomic E-state index is -0.809. The van der Waals surface area contributed by atoms with Gasteiger partial charge in [-0.25, -0.2) is 4.79 Å². The normalized spacial score (nSPS) is 14.9. The molecule has 0 N–H and O–H groups in total. The standard InChI is InChI=1S/C20H14O2S2/c21-19-17-13-7-8-14-18(17)20(22-19,23-15-9-3-1-4-10-15)24-16-11-5-2-6-12-16/h1-14H. The fourth-order valence-electron chi connectivity index (χ4n) is 2.62. The first-order valence-electron chi connectivity index (χ1n) is 7.58. The Morgan fingerprint density at radius 2 is 1.17 bits per heavy atom. The summed E-state index contributed by atoms with van der Waals surface area (Å²) < 4.78 is 5.11. The van der Waals surface area contributed by atoms with Crippen molar-refractivity contribution in [3.8, 4) is 0 Å². The fraction of sp³-hybridized carbons (Fsp3) is 0.0500. The summed E-state index contributed by atoms with van der Waals surface area (Å²) in [5, 5.41) is 0. The van der Waals surface area contributed by atoms with Crippen LogP contribution >= 0.6 is 23.5 Å². The molecular weight excluding hydrogens is 336 g/mol. The number of hydrogen-bond donors (Lipinski definition) is 0. The lowest BCUT2D eigenvalue weighted by Gasteiger charge is -2.27. The molecule has 1 aliphatic rings. The van der Waals surface area contributed by atoms with Gasteiger partial charge in [-0.2, -0.15) is 0 Å². The van der Waals surface area contributed by atoms with Crippen LogP contribution in [-0.2, 0) is 9.00 Å². The van der Waals surface area contributed by atoms with E-state index in [9.17, 15) is 4.79 Å². The zero-order valence-electron chi connectivity index (χ0n) is 12.7. The second-order valence-electron chi connectivity index (χ2n) is 5.32. The van der Waals surface area contributed by atoms with Gasteiger partial charge in [0, 0.05) is 15.4 Å². The summed E-state index contributed by atoms with van der Waals surface area (Å²) in [6.45, 7) is 0. The van der Waals surface area contributed by atoms with E-state index < -0.39 is 4.27 Å². The molecule has 0 radical (unpaired) electrons. The highest BCUT2D eigenvalue weighted by Gasteiger charge is 2.47. The number of esters is 1. The number of fused-ring (bicyclic) bond motifs is 1. The summed E-state index contributed by atoms with van der Waals surface area (Å²) in [6, 6.07) is 27.7. The molecule has 3 aromatic carbocycles. The molecule has 1 heterocycles. The lowest BCUT2D eigenvalue weighted by molar-refractivity contribution is 0.0473. The van der Waals surface area contributed by atoms with Gasteiger partial charge in [-0.1, -0.05) is 78.1 Å². The van der Waals surface area contributed by atoms with Crippen molar-refractivity contribution in [3.63, 3.8) is 0 Å². The summed E-state index contributed by atoms with van der Waals surface area (Å²) in [5.41, 5.74) is 1.56. The predicted molar refractivity (Wildman–Crippen MR) is 98.1 cm³/mol. The largest absolute Gasteiger partial charge is 0.429 e. The molecule has 0 atom stereocenters. The van der Waals surface area contributed by atoms with Gasteiger partial charge >= 0.3 is 5.97 Å². The predicted octanol–water partition coefficient (Wildman–Crippen LogP) is 5.55. The molecule has 4 heteroatoms. The third-order valence-electron chi connectivity index (χ3n) is 3.69. The van der Waals surface area contributed by atoms with Crippen LogP contribution in [0.3, 0.4) is 0 Å². The van der Waals surface area contributed by atoms with Crippen LogP contribution in [0.1, 0.15) is 15.9 Å². The molecule has 0 amide bonds. The Hall–Kier alpha value is -2.17. The Morgan fingerprint density at radius 3 is 1.75 bits per heavy atom. The summed E-state index contributed by atoms with van der Waals surface area (Å²) in [5.74, 6) is -0.266. The highest BCUT2D eigenvalue weighted by Crippen LogP contribution is 2.57. The third kappa shape index (κ3) is 2.83. The van der Waals surface area contributed by atoms with Crippen molar-refractivity contribution in [3.05, 3.63) is 96.1 Å². The molecule has 4 rings (SSSR count). The number of carbonyl (C=O) groups is 1. The van der Waals surface area contributed by atoms with Crippen LogP contribution in [-0.4, -0.2) is 5.97 Å². The Morgan fingerprint density at radius 1 is 0.667 bits per heavy atom. The van der Waals surface area contributed by atoms with Gasteiger partial charge in [0.15, 0.2) is 0 Å². The molecule has 0 aliphatic carbocycles. The van der Waals surface area contributed by atoms with E-state index in [4.69, 9.17) is 4.74 Å². The van der Waals surface area contributed by atoms with E-state index in [1.807, 2.05) is 84.9 Å². The van der Waals surface area contributed by atoms with Crippen LogP contribution in [0.15, 0.2) is 94.7 Å². The third-order valence-corrected chi connectivity index (χ3v) is 6.35. The first-order valence-corrected chi connectivity index (χ1v) is 9.21. The van der Waals surface area contributed by atoms with Crippen LogP contribution in [0.4, 0.5) is 0 Å². The molecule has 0 saturated heterocycles. The topological polar surface area (TPSA) is 26.3 Å². The number of ether oxygens (including phenoxy) is 1. The quantitative estimate of drug-likeness (QED) is 0.455. The lowest BCUT2D eigenvalue weighted by Crippen LogP contribution is -2.17. The minimum absolute atomic E-state index is 0.266. The van der Waals surface area contributed by atoms with Crippen molar-refractivity contribution >= 4 is 29.5 Å². The van der Waals surface area contributed by atoms with Gasteiger partial charge in [0.25, 0.3) is 0 Å². The SMILES string of the molecule is O=C1OC(Sc2ccccc2)(Sc2ccccc2)c2ccccc21. The maximum absolute atomic E-state index is 12.4. The zero-order chi connectivity index (χ0) is 16.4. The van der Waals surface area contributed by atoms with E-state index in [2.05, 4.69) is 0 Å². The lowest BCUT2D eigenvalue weighted by atomic mass is 10.1. The Balaban J connectivity index is 1.80. The summed E-state index contributed by atoms with van der Waals surface area (Å²) in [7, 11) is 0. The molecule has 0 spiro atoms. The molecular formula is C20H14O2S2. The van der Waals surface area contributed by atoms with Crippen molar-refractivity contribution in [2.75, 3.05) is 0 Å². The second kappa shape index (κ2) is 6.38. The number of benzene rings is 3. The zero-order valence-corrected chi connectivity index (χ0v) is 14.3. The molecule has 2 nitrogen and oxygen atoms in total. The summed E-state index contributed by atoms with van der Waals surface area (Å²) >= 11 is 3.12. The Labute approximate surface area is 149 Å². The van der Waals surface area contributed by atoms with Gasteiger partial charge in [-0.05, 0) is 30.3 Å². The maximum Gasteiger partial charge on any atom is 0.340 e. The van der Waals surface area contributed by atoms with E-state index in [0.717, 1.165) is 15.4 Å². The molecule has 0 unspecified atom stereocenters. The van der Waals surface area contributed by atoms with Crippen LogP contribution < -0.4 is 0 Å². The van der Waals surface area contributed by atoms with E-state index in [0.29, 0.717) is 5.56 Å². The molecule has 0 fully saturated rings. The van der Waals surface area contributed by atoms with Crippen LogP contribution in [0.25, 0.3) is 0 Å². The van der Waals surface area contributed by atoms with Gasteiger partial charge in [0.2, 0.25) is 4.27 Å². The Kier molecular flexibility index (Phi) is 4.08. The van der Waals surface area contributed by atoms with Gasteiger partial charge in [0.05, 0.1) is 5.56 Å². The number of carbonyl (C=O) groups excluding carboxylic acids is 1. The Bertz CT molecular complexity index is 822. The first-order chi connectivity index (χ1) is 11.8. The van der Waals surface area contributed by atoms with Crippen LogP contribution in [0.2, 0.25) is 0 Å². The van der Waals surface area contributed by atoms with Gasteiger partial charge < -0.3 is 4.74 Å². The molecule has 0 aromatic heterocycles. The summed E-state index contributed by atoms with van der Waals surface area (Å²) in [4.78, 5) is 14.5. The van der Waals surface area contributed by atoms with Crippen LogP contribution in [0.5, 0.6) is 0 Å². The smallest absolute Gasteiger partial charge is 0.340 e. The van der Waals surface area contributed by atoms with Crippen molar-refractivity contribution in [2.24, 2.45) is 0 Å². The average Bonchev–Trinajstić information content (AvgIpc) is 2.89. The van der Waals surface area contributed by atoms with Crippen molar-refractivity contribution in [1.29, 1.82) is 0 Å². The monoisotopic (exact) mass is 350 g/mol. The number of thioether (sulfide) groups is 2. The van der Waals surface area contributed by atoms with Crippen molar-refractivity contribution in [2.45, 2.75) is 14.1 Å². The van der Waals surface area contributed by atoms with Crippen LogP contribution in [0, 0.1) is 0 Å². The first kappa shape index (κ1) is 15.4. The summed E-state index contributed by atoms with van der Waals surface area (Å²) in [6.07, 6.45) is 0. The molecule has 0 saturated carbocycles. The van der Waals surface area contributed by atoms with E-state index in [-0.39, 0.29) is 5.97 Å². The number of hydrogen-bond acceptors (Lipinski definition) is 4. The molecule has 24 heavy (non-hydrogen) atoms. The average molecular weight is 350 g/mol. The molecule has 0 bridgehead atoms. The molecule has 3 aromatic rings. The number of rotatable bonds is 4. The highest BCUT2D eigenvalue weighted by atomic mass is 32.2. The number of cyclic esters (lactones) is 1.